The Morgan fingerprint density at radius 2 is 2.21 bits per heavy atom. The van der Waals surface area contributed by atoms with E-state index in [1.807, 2.05) is 13.1 Å². The lowest BCUT2D eigenvalue weighted by atomic mass is 10.0. The molecule has 1 N–H and O–H groups in total. The lowest BCUT2D eigenvalue weighted by Crippen LogP contribution is -2.18. The van der Waals surface area contributed by atoms with E-state index in [2.05, 4.69) is 21.2 Å². The van der Waals surface area contributed by atoms with Gasteiger partial charge in [0.2, 0.25) is 0 Å². The van der Waals surface area contributed by atoms with Gasteiger partial charge in [-0.3, -0.25) is 0 Å². The van der Waals surface area contributed by atoms with Crippen LogP contribution in [-0.4, -0.2) is 7.05 Å². The third-order valence-electron chi connectivity index (χ3n) is 2.71. The molecule has 0 radical (unpaired) electrons. The predicted molar refractivity (Wildman–Crippen MR) is 58.6 cm³/mol. The zero-order valence-electron chi connectivity index (χ0n) is 8.06. The summed E-state index contributed by atoms with van der Waals surface area (Å²) in [6, 6.07) is 5.69. The summed E-state index contributed by atoms with van der Waals surface area (Å²) in [6.07, 6.45) is 2.51. The van der Waals surface area contributed by atoms with E-state index in [9.17, 15) is 4.39 Å². The second kappa shape index (κ2) is 3.99. The molecule has 1 saturated carbocycles. The van der Waals surface area contributed by atoms with Crippen LogP contribution in [0.15, 0.2) is 22.7 Å². The molecule has 0 heterocycles. The average Bonchev–Trinajstić information content (AvgIpc) is 2.96. The molecule has 76 valence electrons. The van der Waals surface area contributed by atoms with Crippen molar-refractivity contribution in [1.29, 1.82) is 0 Å². The highest BCUT2D eigenvalue weighted by Gasteiger charge is 2.31. The van der Waals surface area contributed by atoms with Gasteiger partial charge in [-0.2, -0.15) is 0 Å². The molecular formula is C11H13BrFN. The molecule has 3 heteroatoms. The van der Waals surface area contributed by atoms with Gasteiger partial charge in [0, 0.05) is 6.04 Å². The molecular weight excluding hydrogens is 245 g/mol. The molecule has 1 atom stereocenters. The van der Waals surface area contributed by atoms with Gasteiger partial charge in [0.15, 0.2) is 0 Å². The number of rotatable bonds is 3. The van der Waals surface area contributed by atoms with Gasteiger partial charge in [-0.05, 0) is 59.4 Å². The van der Waals surface area contributed by atoms with Crippen molar-refractivity contribution in [1.82, 2.24) is 5.32 Å². The van der Waals surface area contributed by atoms with Crippen molar-refractivity contribution in [3.8, 4) is 0 Å². The van der Waals surface area contributed by atoms with Crippen LogP contribution in [0.2, 0.25) is 0 Å². The Hall–Kier alpha value is -0.410. The van der Waals surface area contributed by atoms with Crippen molar-refractivity contribution in [3.63, 3.8) is 0 Å². The summed E-state index contributed by atoms with van der Waals surface area (Å²) in [5.41, 5.74) is 1.05. The Kier molecular flexibility index (Phi) is 2.88. The van der Waals surface area contributed by atoms with Crippen molar-refractivity contribution in [2.75, 3.05) is 7.05 Å². The summed E-state index contributed by atoms with van der Waals surface area (Å²) in [7, 11) is 1.93. The average molecular weight is 258 g/mol. The van der Waals surface area contributed by atoms with Crippen LogP contribution in [0.3, 0.4) is 0 Å². The quantitative estimate of drug-likeness (QED) is 0.877. The molecule has 0 aromatic heterocycles. The molecule has 1 nitrogen and oxygen atoms in total. The minimum absolute atomic E-state index is 0.177. The number of hydrogen-bond acceptors (Lipinski definition) is 1. The zero-order chi connectivity index (χ0) is 10.1. The monoisotopic (exact) mass is 257 g/mol. The molecule has 14 heavy (non-hydrogen) atoms. The Bertz CT molecular complexity index is 336. The van der Waals surface area contributed by atoms with E-state index in [4.69, 9.17) is 0 Å². The van der Waals surface area contributed by atoms with Crippen LogP contribution in [-0.2, 0) is 0 Å². The first-order valence-electron chi connectivity index (χ1n) is 4.84. The Labute approximate surface area is 91.8 Å². The van der Waals surface area contributed by atoms with E-state index in [1.165, 1.54) is 12.8 Å². The van der Waals surface area contributed by atoms with Gasteiger partial charge in [0.05, 0.1) is 4.47 Å². The topological polar surface area (TPSA) is 12.0 Å². The number of nitrogens with one attached hydrogen (secondary N) is 1. The Morgan fingerprint density at radius 3 is 2.71 bits per heavy atom. The number of hydrogen-bond donors (Lipinski definition) is 1. The van der Waals surface area contributed by atoms with Crippen LogP contribution in [0.25, 0.3) is 0 Å². The molecule has 1 fully saturated rings. The molecule has 0 bridgehead atoms. The zero-order valence-corrected chi connectivity index (χ0v) is 9.64. The molecule has 1 aromatic rings. The van der Waals surface area contributed by atoms with E-state index in [0.717, 1.165) is 5.56 Å². The third kappa shape index (κ3) is 1.98. The molecule has 0 amide bonds. The lowest BCUT2D eigenvalue weighted by molar-refractivity contribution is 0.522. The normalized spacial score (nSPS) is 18.2. The standard InChI is InChI=1S/C11H13BrFN/c1-14-11(7-2-3-7)8-4-5-9(12)10(13)6-8/h4-7,11,14H,2-3H2,1H3. The van der Waals surface area contributed by atoms with Gasteiger partial charge in [-0.1, -0.05) is 6.07 Å². The highest BCUT2D eigenvalue weighted by molar-refractivity contribution is 9.10. The van der Waals surface area contributed by atoms with Crippen molar-refractivity contribution < 1.29 is 4.39 Å². The molecule has 1 unspecified atom stereocenters. The van der Waals surface area contributed by atoms with E-state index in [0.29, 0.717) is 16.4 Å². The van der Waals surface area contributed by atoms with Gasteiger partial charge >= 0.3 is 0 Å². The highest BCUT2D eigenvalue weighted by Crippen LogP contribution is 2.41. The first-order valence-corrected chi connectivity index (χ1v) is 5.64. The second-order valence-corrected chi connectivity index (χ2v) is 4.63. The van der Waals surface area contributed by atoms with Gasteiger partial charge < -0.3 is 5.32 Å². The van der Waals surface area contributed by atoms with E-state index >= 15 is 0 Å². The van der Waals surface area contributed by atoms with E-state index in [1.54, 1.807) is 12.1 Å². The van der Waals surface area contributed by atoms with Crippen molar-refractivity contribution >= 4 is 15.9 Å². The van der Waals surface area contributed by atoms with Crippen LogP contribution in [0.1, 0.15) is 24.4 Å². The predicted octanol–water partition coefficient (Wildman–Crippen LogP) is 3.26. The van der Waals surface area contributed by atoms with Crippen LogP contribution in [0.5, 0.6) is 0 Å². The maximum Gasteiger partial charge on any atom is 0.137 e. The van der Waals surface area contributed by atoms with Gasteiger partial charge in [-0.15, -0.1) is 0 Å². The summed E-state index contributed by atoms with van der Waals surface area (Å²) in [5.74, 6) is 0.518. The highest BCUT2D eigenvalue weighted by atomic mass is 79.9. The minimum Gasteiger partial charge on any atom is -0.313 e. The smallest absolute Gasteiger partial charge is 0.137 e. The third-order valence-corrected chi connectivity index (χ3v) is 3.35. The summed E-state index contributed by atoms with van der Waals surface area (Å²) < 4.78 is 13.8. The maximum absolute atomic E-state index is 13.3. The first kappa shape index (κ1) is 10.1. The summed E-state index contributed by atoms with van der Waals surface area (Å²) in [6.45, 7) is 0. The molecule has 1 aliphatic rings. The van der Waals surface area contributed by atoms with Crippen LogP contribution in [0, 0.1) is 11.7 Å². The van der Waals surface area contributed by atoms with Crippen LogP contribution >= 0.6 is 15.9 Å². The van der Waals surface area contributed by atoms with E-state index < -0.39 is 0 Å². The first-order chi connectivity index (χ1) is 6.72. The minimum atomic E-state index is -0.177. The largest absolute Gasteiger partial charge is 0.313 e. The summed E-state index contributed by atoms with van der Waals surface area (Å²) >= 11 is 3.16. The van der Waals surface area contributed by atoms with Crippen molar-refractivity contribution in [3.05, 3.63) is 34.1 Å². The number of benzene rings is 1. The fourth-order valence-corrected chi connectivity index (χ4v) is 2.06. The van der Waals surface area contributed by atoms with Gasteiger partial charge in [-0.25, -0.2) is 4.39 Å². The lowest BCUT2D eigenvalue weighted by Gasteiger charge is -2.15. The van der Waals surface area contributed by atoms with Gasteiger partial charge in [0.25, 0.3) is 0 Å². The molecule has 2 rings (SSSR count). The Morgan fingerprint density at radius 1 is 1.50 bits per heavy atom. The summed E-state index contributed by atoms with van der Waals surface area (Å²) in [5, 5.41) is 3.24. The van der Waals surface area contributed by atoms with E-state index in [-0.39, 0.29) is 5.82 Å². The van der Waals surface area contributed by atoms with Crippen molar-refractivity contribution in [2.24, 2.45) is 5.92 Å². The second-order valence-electron chi connectivity index (χ2n) is 3.78. The molecule has 1 aromatic carbocycles. The SMILES string of the molecule is CNC(c1ccc(Br)c(F)c1)C1CC1. The van der Waals surface area contributed by atoms with Crippen LogP contribution < -0.4 is 5.32 Å². The molecule has 0 spiro atoms. The molecule has 0 saturated heterocycles. The van der Waals surface area contributed by atoms with Crippen molar-refractivity contribution in [2.45, 2.75) is 18.9 Å². The Balaban J connectivity index is 2.25. The fraction of sp³-hybridized carbons (Fsp3) is 0.455. The molecule has 0 aliphatic heterocycles. The number of halogens is 2. The van der Waals surface area contributed by atoms with Crippen LogP contribution in [0.4, 0.5) is 4.39 Å². The van der Waals surface area contributed by atoms with Gasteiger partial charge in [0.1, 0.15) is 5.82 Å². The maximum atomic E-state index is 13.3. The summed E-state index contributed by atoms with van der Waals surface area (Å²) in [4.78, 5) is 0. The molecule has 1 aliphatic carbocycles. The fourth-order valence-electron chi connectivity index (χ4n) is 1.81.